The number of rotatable bonds is 5. The molecule has 3 amide bonds. The molecule has 1 aromatic carbocycles. The predicted octanol–water partition coefficient (Wildman–Crippen LogP) is 1.72. The van der Waals surface area contributed by atoms with Gasteiger partial charge in [-0.05, 0) is 19.1 Å². The van der Waals surface area contributed by atoms with E-state index >= 15 is 0 Å². The van der Waals surface area contributed by atoms with Crippen LogP contribution in [0.2, 0.25) is 0 Å². The zero-order chi connectivity index (χ0) is 18.7. The van der Waals surface area contributed by atoms with Crippen molar-refractivity contribution in [2.45, 2.75) is 20.0 Å². The van der Waals surface area contributed by atoms with Crippen molar-refractivity contribution in [3.8, 4) is 11.5 Å². The third-order valence-corrected chi connectivity index (χ3v) is 4.11. The lowest BCUT2D eigenvalue weighted by Crippen LogP contribution is -2.36. The van der Waals surface area contributed by atoms with Gasteiger partial charge in [0.1, 0.15) is 11.5 Å². The molecular formula is C17H21N5O4. The van der Waals surface area contributed by atoms with E-state index in [9.17, 15) is 9.59 Å². The van der Waals surface area contributed by atoms with E-state index in [2.05, 4.69) is 20.8 Å². The number of hydrogen-bond acceptors (Lipinski definition) is 5. The van der Waals surface area contributed by atoms with Crippen molar-refractivity contribution < 1.29 is 19.1 Å². The summed E-state index contributed by atoms with van der Waals surface area (Å²) in [4.78, 5) is 26.2. The number of nitrogens with one attached hydrogen (secondary N) is 3. The maximum atomic E-state index is 12.6. The molecule has 3 rings (SSSR count). The van der Waals surface area contributed by atoms with E-state index in [1.165, 1.54) is 14.2 Å². The number of urea groups is 1. The number of benzene rings is 1. The molecular weight excluding hydrogens is 338 g/mol. The highest BCUT2D eigenvalue weighted by atomic mass is 16.5. The number of hydrogen-bond donors (Lipinski definition) is 3. The first-order valence-electron chi connectivity index (χ1n) is 8.19. The Balaban J connectivity index is 1.76. The Hall–Kier alpha value is -3.23. The van der Waals surface area contributed by atoms with Gasteiger partial charge in [0.05, 0.1) is 33.0 Å². The van der Waals surface area contributed by atoms with Crippen molar-refractivity contribution in [3.63, 3.8) is 0 Å². The van der Waals surface area contributed by atoms with Crippen molar-refractivity contribution in [2.75, 3.05) is 26.1 Å². The standard InChI is InChI=1S/C17H21N5O4/c1-4-18-17(24)22-8-13-14(9-22)20-21-15(13)19-16(23)10-5-11(25-2)7-12(6-10)26-3/h5-7H,4,8-9H2,1-3H3,(H,18,24)(H2,19,20,21,23). The Bertz CT molecular complexity index is 810. The molecule has 0 saturated carbocycles. The summed E-state index contributed by atoms with van der Waals surface area (Å²) in [6, 6.07) is 4.77. The second-order valence-electron chi connectivity index (χ2n) is 5.78. The van der Waals surface area contributed by atoms with Crippen LogP contribution in [0.5, 0.6) is 11.5 Å². The van der Waals surface area contributed by atoms with E-state index in [-0.39, 0.29) is 11.9 Å². The van der Waals surface area contributed by atoms with Crippen LogP contribution in [0.15, 0.2) is 18.2 Å². The van der Waals surface area contributed by atoms with Crippen LogP contribution in [0.1, 0.15) is 28.5 Å². The molecule has 9 nitrogen and oxygen atoms in total. The van der Waals surface area contributed by atoms with Crippen LogP contribution in [-0.4, -0.2) is 47.8 Å². The predicted molar refractivity (Wildman–Crippen MR) is 94.4 cm³/mol. The third kappa shape index (κ3) is 3.41. The van der Waals surface area contributed by atoms with E-state index in [0.717, 1.165) is 11.3 Å². The lowest BCUT2D eigenvalue weighted by molar-refractivity contribution is 0.102. The second kappa shape index (κ2) is 7.34. The summed E-state index contributed by atoms with van der Waals surface area (Å²) in [7, 11) is 3.04. The molecule has 2 aromatic rings. The summed E-state index contributed by atoms with van der Waals surface area (Å²) in [5.41, 5.74) is 2.01. The molecule has 138 valence electrons. The van der Waals surface area contributed by atoms with Gasteiger partial charge in [-0.15, -0.1) is 0 Å². The molecule has 0 spiro atoms. The largest absolute Gasteiger partial charge is 0.497 e. The van der Waals surface area contributed by atoms with E-state index in [1.807, 2.05) is 6.92 Å². The highest BCUT2D eigenvalue weighted by Crippen LogP contribution is 2.28. The summed E-state index contributed by atoms with van der Waals surface area (Å²) in [6.45, 7) is 3.23. The number of H-pyrrole nitrogens is 1. The van der Waals surface area contributed by atoms with Gasteiger partial charge in [-0.3, -0.25) is 9.89 Å². The topological polar surface area (TPSA) is 109 Å². The quantitative estimate of drug-likeness (QED) is 0.753. The minimum Gasteiger partial charge on any atom is -0.497 e. The first-order chi connectivity index (χ1) is 12.5. The van der Waals surface area contributed by atoms with Crippen molar-refractivity contribution >= 4 is 17.8 Å². The molecule has 0 fully saturated rings. The highest BCUT2D eigenvalue weighted by molar-refractivity contribution is 6.04. The van der Waals surface area contributed by atoms with Crippen LogP contribution in [0.3, 0.4) is 0 Å². The Morgan fingerprint density at radius 3 is 2.50 bits per heavy atom. The zero-order valence-electron chi connectivity index (χ0n) is 14.9. The number of aromatic amines is 1. The van der Waals surface area contributed by atoms with Gasteiger partial charge in [0.25, 0.3) is 5.91 Å². The summed E-state index contributed by atoms with van der Waals surface area (Å²) in [6.07, 6.45) is 0. The van der Waals surface area contributed by atoms with Gasteiger partial charge in [0.15, 0.2) is 5.82 Å². The van der Waals surface area contributed by atoms with E-state index < -0.39 is 0 Å². The number of nitrogens with zero attached hydrogens (tertiary/aromatic N) is 2. The monoisotopic (exact) mass is 359 g/mol. The average molecular weight is 359 g/mol. The molecule has 1 aliphatic rings. The first kappa shape index (κ1) is 17.6. The molecule has 3 N–H and O–H groups in total. The molecule has 9 heteroatoms. The summed E-state index contributed by atoms with van der Waals surface area (Å²) in [5.74, 6) is 1.11. The molecule has 0 saturated heterocycles. The molecule has 0 unspecified atom stereocenters. The lowest BCUT2D eigenvalue weighted by Gasteiger charge is -2.15. The van der Waals surface area contributed by atoms with E-state index in [4.69, 9.17) is 9.47 Å². The van der Waals surface area contributed by atoms with Gasteiger partial charge in [-0.25, -0.2) is 4.79 Å². The number of aromatic nitrogens is 2. The van der Waals surface area contributed by atoms with Crippen LogP contribution in [0.25, 0.3) is 0 Å². The molecule has 0 radical (unpaired) electrons. The Labute approximate surface area is 150 Å². The Morgan fingerprint density at radius 2 is 1.88 bits per heavy atom. The number of anilines is 1. The molecule has 2 heterocycles. The van der Waals surface area contributed by atoms with Gasteiger partial charge in [-0.2, -0.15) is 5.10 Å². The molecule has 0 aliphatic carbocycles. The SMILES string of the molecule is CCNC(=O)N1Cc2[nH]nc(NC(=O)c3cc(OC)cc(OC)c3)c2C1. The summed E-state index contributed by atoms with van der Waals surface area (Å²) in [5, 5.41) is 12.6. The van der Waals surface area contributed by atoms with Gasteiger partial charge >= 0.3 is 6.03 Å². The van der Waals surface area contributed by atoms with E-state index in [0.29, 0.717) is 42.5 Å². The number of carbonyl (C=O) groups excluding carboxylic acids is 2. The maximum absolute atomic E-state index is 12.6. The molecule has 1 aromatic heterocycles. The van der Waals surface area contributed by atoms with Crippen LogP contribution in [0, 0.1) is 0 Å². The summed E-state index contributed by atoms with van der Waals surface area (Å²) < 4.78 is 10.4. The molecule has 26 heavy (non-hydrogen) atoms. The fourth-order valence-electron chi connectivity index (χ4n) is 2.77. The zero-order valence-corrected chi connectivity index (χ0v) is 14.9. The van der Waals surface area contributed by atoms with Crippen LogP contribution >= 0.6 is 0 Å². The number of fused-ring (bicyclic) bond motifs is 1. The first-order valence-corrected chi connectivity index (χ1v) is 8.19. The van der Waals surface area contributed by atoms with Gasteiger partial charge in [0, 0.05) is 23.7 Å². The van der Waals surface area contributed by atoms with Crippen LogP contribution in [-0.2, 0) is 13.1 Å². The maximum Gasteiger partial charge on any atom is 0.318 e. The normalized spacial score (nSPS) is 12.5. The minimum absolute atomic E-state index is 0.146. The Kier molecular flexibility index (Phi) is 4.97. The van der Waals surface area contributed by atoms with Crippen LogP contribution in [0.4, 0.5) is 10.6 Å². The number of carbonyl (C=O) groups is 2. The van der Waals surface area contributed by atoms with E-state index in [1.54, 1.807) is 23.1 Å². The second-order valence-corrected chi connectivity index (χ2v) is 5.78. The summed E-state index contributed by atoms with van der Waals surface area (Å²) >= 11 is 0. The average Bonchev–Trinajstić information content (AvgIpc) is 3.23. The van der Waals surface area contributed by atoms with Crippen molar-refractivity contribution in [1.29, 1.82) is 0 Å². The molecule has 1 aliphatic heterocycles. The number of ether oxygens (including phenoxy) is 2. The van der Waals surface area contributed by atoms with Crippen molar-refractivity contribution in [3.05, 3.63) is 35.0 Å². The van der Waals surface area contributed by atoms with Gasteiger partial charge in [-0.1, -0.05) is 0 Å². The highest BCUT2D eigenvalue weighted by Gasteiger charge is 2.28. The van der Waals surface area contributed by atoms with Gasteiger partial charge in [0.2, 0.25) is 0 Å². The third-order valence-electron chi connectivity index (χ3n) is 4.11. The van der Waals surface area contributed by atoms with Crippen LogP contribution < -0.4 is 20.1 Å². The molecule has 0 bridgehead atoms. The Morgan fingerprint density at radius 1 is 1.19 bits per heavy atom. The fraction of sp³-hybridized carbons (Fsp3) is 0.353. The smallest absolute Gasteiger partial charge is 0.318 e. The van der Waals surface area contributed by atoms with Crippen molar-refractivity contribution in [2.24, 2.45) is 0 Å². The van der Waals surface area contributed by atoms with Crippen molar-refractivity contribution in [1.82, 2.24) is 20.4 Å². The number of amides is 3. The van der Waals surface area contributed by atoms with Gasteiger partial charge < -0.3 is 25.0 Å². The fourth-order valence-corrected chi connectivity index (χ4v) is 2.77. The number of methoxy groups -OCH3 is 2. The lowest BCUT2D eigenvalue weighted by atomic mass is 10.2. The minimum atomic E-state index is -0.340. The molecule has 0 atom stereocenters.